The predicted octanol–water partition coefficient (Wildman–Crippen LogP) is 12.1. The zero-order chi connectivity index (χ0) is 30.6. The van der Waals surface area contributed by atoms with E-state index in [1.165, 1.54) is 70.8 Å². The van der Waals surface area contributed by atoms with Gasteiger partial charge in [0, 0.05) is 38.0 Å². The minimum atomic E-state index is 0.899. The van der Waals surface area contributed by atoms with E-state index in [9.17, 15) is 0 Å². The zero-order valence-corrected chi connectivity index (χ0v) is 25.3. The number of fused-ring (bicyclic) bond motifs is 14. The molecule has 3 nitrogen and oxygen atoms in total. The van der Waals surface area contributed by atoms with E-state index in [4.69, 9.17) is 4.42 Å². The van der Waals surface area contributed by atoms with Crippen LogP contribution in [-0.4, -0.2) is 9.13 Å². The molecule has 11 aromatic rings. The van der Waals surface area contributed by atoms with E-state index in [1.54, 1.807) is 0 Å². The highest BCUT2D eigenvalue weighted by molar-refractivity contribution is 6.30. The van der Waals surface area contributed by atoms with Gasteiger partial charge in [0.05, 0.1) is 33.1 Å². The van der Waals surface area contributed by atoms with Gasteiger partial charge >= 0.3 is 0 Å². The molecule has 0 atom stereocenters. The molecule has 0 aliphatic rings. The summed E-state index contributed by atoms with van der Waals surface area (Å²) in [5.41, 5.74) is 8.86. The van der Waals surface area contributed by atoms with E-state index in [0.717, 1.165) is 27.6 Å². The van der Waals surface area contributed by atoms with E-state index in [-0.39, 0.29) is 0 Å². The molecule has 0 saturated heterocycles. The first-order chi connectivity index (χ1) is 23.3. The molecule has 3 aromatic heterocycles. The van der Waals surface area contributed by atoms with Gasteiger partial charge in [0.1, 0.15) is 11.2 Å². The van der Waals surface area contributed by atoms with E-state index in [1.807, 2.05) is 6.07 Å². The van der Waals surface area contributed by atoms with Gasteiger partial charge in [0.2, 0.25) is 0 Å². The van der Waals surface area contributed by atoms with Gasteiger partial charge in [-0.25, -0.2) is 0 Å². The molecule has 0 saturated carbocycles. The van der Waals surface area contributed by atoms with Crippen molar-refractivity contribution in [2.75, 3.05) is 0 Å². The summed E-state index contributed by atoms with van der Waals surface area (Å²) < 4.78 is 11.4. The van der Waals surface area contributed by atoms with Crippen molar-refractivity contribution in [3.8, 4) is 11.4 Å². The Kier molecular flexibility index (Phi) is 4.84. The number of benzene rings is 8. The smallest absolute Gasteiger partial charge is 0.137 e. The van der Waals surface area contributed by atoms with Crippen LogP contribution in [0.2, 0.25) is 0 Å². The summed E-state index contributed by atoms with van der Waals surface area (Å²) in [5, 5.41) is 12.2. The topological polar surface area (TPSA) is 23.0 Å². The van der Waals surface area contributed by atoms with Gasteiger partial charge in [-0.15, -0.1) is 0 Å². The Morgan fingerprint density at radius 1 is 0.362 bits per heavy atom. The minimum absolute atomic E-state index is 0.899. The standard InChI is InChI=1S/C44H26N2O/c1-2-13-28(14-3-1)45-42-34(24-25-40-41(42)36-19-9-11-21-39(36)47-40)35-23-22-33-32-18-8-10-20-37(32)46(44(33)43(35)45)38-26-27-12-4-5-15-29(27)30-16-6-7-17-31(30)38/h1-26H. The summed E-state index contributed by atoms with van der Waals surface area (Å²) in [4.78, 5) is 0. The van der Waals surface area contributed by atoms with Crippen LogP contribution >= 0.6 is 0 Å². The van der Waals surface area contributed by atoms with Gasteiger partial charge in [0.25, 0.3) is 0 Å². The molecule has 3 heterocycles. The lowest BCUT2D eigenvalue weighted by atomic mass is 10.00. The Labute approximate surface area is 269 Å². The van der Waals surface area contributed by atoms with Crippen LogP contribution in [0.4, 0.5) is 0 Å². The maximum atomic E-state index is 6.45. The monoisotopic (exact) mass is 598 g/mol. The Balaban J connectivity index is 1.44. The predicted molar refractivity (Wildman–Crippen MR) is 197 cm³/mol. The summed E-state index contributed by atoms with van der Waals surface area (Å²) in [5.74, 6) is 0. The van der Waals surface area contributed by atoms with Crippen LogP contribution in [0.3, 0.4) is 0 Å². The molecule has 47 heavy (non-hydrogen) atoms. The number of furan rings is 1. The summed E-state index contributed by atoms with van der Waals surface area (Å²) in [6, 6.07) is 57.0. The third-order valence-electron chi connectivity index (χ3n) is 10.1. The second kappa shape index (κ2) is 9.12. The summed E-state index contributed by atoms with van der Waals surface area (Å²) >= 11 is 0. The molecule has 8 aromatic carbocycles. The molecule has 3 heteroatoms. The van der Waals surface area contributed by atoms with Crippen molar-refractivity contribution >= 4 is 87.1 Å². The number of nitrogens with zero attached hydrogens (tertiary/aromatic N) is 2. The van der Waals surface area contributed by atoms with Crippen LogP contribution in [0, 0.1) is 0 Å². The number of hydrogen-bond donors (Lipinski definition) is 0. The maximum absolute atomic E-state index is 6.45. The highest BCUT2D eigenvalue weighted by atomic mass is 16.3. The molecule has 0 spiro atoms. The van der Waals surface area contributed by atoms with Crippen LogP contribution in [-0.2, 0) is 0 Å². The average Bonchev–Trinajstić information content (AvgIpc) is 3.79. The van der Waals surface area contributed by atoms with Gasteiger partial charge in [-0.3, -0.25) is 0 Å². The summed E-state index contributed by atoms with van der Waals surface area (Å²) in [7, 11) is 0. The van der Waals surface area contributed by atoms with Crippen molar-refractivity contribution in [1.29, 1.82) is 0 Å². The molecule has 0 fully saturated rings. The molecule has 0 N–H and O–H groups in total. The molecule has 218 valence electrons. The summed E-state index contributed by atoms with van der Waals surface area (Å²) in [6.07, 6.45) is 0. The molecule has 0 aliphatic carbocycles. The van der Waals surface area contributed by atoms with E-state index in [0.29, 0.717) is 0 Å². The van der Waals surface area contributed by atoms with E-state index in [2.05, 4.69) is 161 Å². The van der Waals surface area contributed by atoms with Gasteiger partial charge in [-0.2, -0.15) is 0 Å². The molecule has 0 bridgehead atoms. The van der Waals surface area contributed by atoms with Crippen molar-refractivity contribution in [2.45, 2.75) is 0 Å². The molecular formula is C44H26N2O. The van der Waals surface area contributed by atoms with Crippen molar-refractivity contribution in [3.63, 3.8) is 0 Å². The SMILES string of the molecule is c1ccc(-n2c3c(ccc4oc5ccccc5c43)c3ccc4c5ccccc5n(-c5cc6ccccc6c6ccccc56)c4c32)cc1. The number of hydrogen-bond acceptors (Lipinski definition) is 1. The van der Waals surface area contributed by atoms with Crippen molar-refractivity contribution < 1.29 is 4.42 Å². The average molecular weight is 599 g/mol. The van der Waals surface area contributed by atoms with Crippen molar-refractivity contribution in [1.82, 2.24) is 9.13 Å². The fourth-order valence-electron chi connectivity index (χ4n) is 8.15. The van der Waals surface area contributed by atoms with E-state index >= 15 is 0 Å². The third kappa shape index (κ3) is 3.25. The fourth-order valence-corrected chi connectivity index (χ4v) is 8.15. The summed E-state index contributed by atoms with van der Waals surface area (Å²) in [6.45, 7) is 0. The first-order valence-electron chi connectivity index (χ1n) is 16.1. The van der Waals surface area contributed by atoms with Crippen LogP contribution in [0.15, 0.2) is 162 Å². The molecule has 0 radical (unpaired) electrons. The number of rotatable bonds is 2. The van der Waals surface area contributed by atoms with Gasteiger partial charge < -0.3 is 13.6 Å². The molecule has 0 amide bonds. The second-order valence-electron chi connectivity index (χ2n) is 12.5. The number of aromatic nitrogens is 2. The van der Waals surface area contributed by atoms with E-state index < -0.39 is 0 Å². The first kappa shape index (κ1) is 24.9. The second-order valence-corrected chi connectivity index (χ2v) is 12.5. The maximum Gasteiger partial charge on any atom is 0.137 e. The Bertz CT molecular complexity index is 3070. The third-order valence-corrected chi connectivity index (χ3v) is 10.1. The van der Waals surface area contributed by atoms with Crippen LogP contribution in [0.1, 0.15) is 0 Å². The Hall–Kier alpha value is -6.32. The molecular weight excluding hydrogens is 572 g/mol. The minimum Gasteiger partial charge on any atom is -0.456 e. The highest BCUT2D eigenvalue weighted by Gasteiger charge is 2.24. The lowest BCUT2D eigenvalue weighted by Crippen LogP contribution is -2.00. The Morgan fingerprint density at radius 3 is 1.81 bits per heavy atom. The normalized spacial score (nSPS) is 12.3. The van der Waals surface area contributed by atoms with Crippen molar-refractivity contribution in [3.05, 3.63) is 158 Å². The first-order valence-corrected chi connectivity index (χ1v) is 16.1. The zero-order valence-electron chi connectivity index (χ0n) is 25.3. The van der Waals surface area contributed by atoms with Gasteiger partial charge in [0.15, 0.2) is 0 Å². The molecule has 0 unspecified atom stereocenters. The number of para-hydroxylation sites is 3. The lowest BCUT2D eigenvalue weighted by Gasteiger charge is -2.16. The molecule has 11 rings (SSSR count). The van der Waals surface area contributed by atoms with Gasteiger partial charge in [-0.05, 0) is 58.6 Å². The highest BCUT2D eigenvalue weighted by Crippen LogP contribution is 2.46. The van der Waals surface area contributed by atoms with Crippen LogP contribution < -0.4 is 0 Å². The quantitative estimate of drug-likeness (QED) is 0.182. The van der Waals surface area contributed by atoms with Crippen molar-refractivity contribution in [2.24, 2.45) is 0 Å². The van der Waals surface area contributed by atoms with Crippen LogP contribution in [0.5, 0.6) is 0 Å². The lowest BCUT2D eigenvalue weighted by molar-refractivity contribution is 0.669. The van der Waals surface area contributed by atoms with Gasteiger partial charge in [-0.1, -0.05) is 115 Å². The fraction of sp³-hybridized carbons (Fsp3) is 0. The Morgan fingerprint density at radius 2 is 0.957 bits per heavy atom. The largest absolute Gasteiger partial charge is 0.456 e. The van der Waals surface area contributed by atoms with Crippen LogP contribution in [0.25, 0.3) is 98.5 Å². The molecule has 0 aliphatic heterocycles.